The molecule has 1 N–H and O–H groups in total. The van der Waals surface area contributed by atoms with Crippen molar-refractivity contribution in [3.8, 4) is 0 Å². The van der Waals surface area contributed by atoms with Crippen molar-refractivity contribution in [3.05, 3.63) is 35.4 Å². The molecule has 0 aliphatic heterocycles. The first kappa shape index (κ1) is 9.12. The van der Waals surface area contributed by atoms with Gasteiger partial charge in [-0.25, -0.2) is 8.78 Å². The Balaban J connectivity index is 2.23. The highest BCUT2D eigenvalue weighted by Crippen LogP contribution is 2.47. The van der Waals surface area contributed by atoms with E-state index in [2.05, 4.69) is 0 Å². The molecule has 1 aliphatic carbocycles. The minimum atomic E-state index is -0.903. The molecule has 0 radical (unpaired) electrons. The van der Waals surface area contributed by atoms with Crippen molar-refractivity contribution < 1.29 is 18.7 Å². The SMILES string of the molecule is O=C(O)C1CC1c1cc(F)cc(F)c1. The smallest absolute Gasteiger partial charge is 0.307 e. The van der Waals surface area contributed by atoms with Gasteiger partial charge in [-0.15, -0.1) is 0 Å². The Kier molecular flexibility index (Phi) is 1.98. The minimum absolute atomic E-state index is 0.224. The molecule has 4 heteroatoms. The fraction of sp³-hybridized carbons (Fsp3) is 0.300. The van der Waals surface area contributed by atoms with Crippen LogP contribution in [0.4, 0.5) is 8.78 Å². The van der Waals surface area contributed by atoms with Crippen LogP contribution in [0.1, 0.15) is 17.9 Å². The van der Waals surface area contributed by atoms with E-state index in [0.717, 1.165) is 6.07 Å². The van der Waals surface area contributed by atoms with Crippen LogP contribution in [0, 0.1) is 17.6 Å². The molecule has 1 saturated carbocycles. The summed E-state index contributed by atoms with van der Waals surface area (Å²) >= 11 is 0. The number of aliphatic carboxylic acids is 1. The van der Waals surface area contributed by atoms with Gasteiger partial charge in [0.25, 0.3) is 0 Å². The average Bonchev–Trinajstić information content (AvgIpc) is 2.79. The van der Waals surface area contributed by atoms with E-state index >= 15 is 0 Å². The third-order valence-electron chi connectivity index (χ3n) is 2.42. The standard InChI is InChI=1S/C10H8F2O2/c11-6-1-5(2-7(12)3-6)8-4-9(8)10(13)14/h1-3,8-9H,4H2,(H,13,14). The second-order valence-corrected chi connectivity index (χ2v) is 3.49. The van der Waals surface area contributed by atoms with Gasteiger partial charge in [-0.05, 0) is 30.0 Å². The van der Waals surface area contributed by atoms with Gasteiger partial charge in [0, 0.05) is 6.07 Å². The number of carbonyl (C=O) groups is 1. The Hall–Kier alpha value is -1.45. The molecule has 1 aliphatic rings. The third-order valence-corrected chi connectivity index (χ3v) is 2.42. The molecule has 74 valence electrons. The van der Waals surface area contributed by atoms with Crippen LogP contribution in [0.5, 0.6) is 0 Å². The van der Waals surface area contributed by atoms with E-state index < -0.39 is 23.5 Å². The molecule has 1 fully saturated rings. The average molecular weight is 198 g/mol. The lowest BCUT2D eigenvalue weighted by atomic mass is 10.1. The number of hydrogen-bond acceptors (Lipinski definition) is 1. The number of carboxylic acid groups (broad SMARTS) is 1. The van der Waals surface area contributed by atoms with E-state index in [0.29, 0.717) is 12.0 Å². The molecule has 0 amide bonds. The quantitative estimate of drug-likeness (QED) is 0.790. The second-order valence-electron chi connectivity index (χ2n) is 3.49. The molecule has 0 saturated heterocycles. The predicted octanol–water partition coefficient (Wildman–Crippen LogP) is 2.15. The van der Waals surface area contributed by atoms with Crippen LogP contribution < -0.4 is 0 Å². The van der Waals surface area contributed by atoms with Crippen LogP contribution in [-0.2, 0) is 4.79 Å². The van der Waals surface area contributed by atoms with Gasteiger partial charge in [0.15, 0.2) is 0 Å². The van der Waals surface area contributed by atoms with E-state index in [4.69, 9.17) is 5.11 Å². The zero-order chi connectivity index (χ0) is 10.3. The van der Waals surface area contributed by atoms with Crippen molar-refractivity contribution >= 4 is 5.97 Å². The lowest BCUT2D eigenvalue weighted by Crippen LogP contribution is -1.99. The highest BCUT2D eigenvalue weighted by Gasteiger charge is 2.44. The van der Waals surface area contributed by atoms with Gasteiger partial charge in [-0.1, -0.05) is 0 Å². The first-order valence-electron chi connectivity index (χ1n) is 4.26. The molecule has 0 spiro atoms. The maximum Gasteiger partial charge on any atom is 0.307 e. The summed E-state index contributed by atoms with van der Waals surface area (Å²) in [6, 6.07) is 3.16. The molecule has 0 aromatic heterocycles. The summed E-state index contributed by atoms with van der Waals surface area (Å²) in [5.74, 6) is -2.92. The molecule has 1 aromatic carbocycles. The van der Waals surface area contributed by atoms with Gasteiger partial charge in [0.1, 0.15) is 11.6 Å². The van der Waals surface area contributed by atoms with E-state index in [9.17, 15) is 13.6 Å². The van der Waals surface area contributed by atoms with Crippen molar-refractivity contribution in [3.63, 3.8) is 0 Å². The number of hydrogen-bond donors (Lipinski definition) is 1. The van der Waals surface area contributed by atoms with Gasteiger partial charge in [0.05, 0.1) is 5.92 Å². The summed E-state index contributed by atoms with van der Waals surface area (Å²) in [5.41, 5.74) is 0.440. The highest BCUT2D eigenvalue weighted by atomic mass is 19.1. The largest absolute Gasteiger partial charge is 0.481 e. The molecule has 0 bridgehead atoms. The number of carboxylic acids is 1. The molecule has 2 unspecified atom stereocenters. The Morgan fingerprint density at radius 1 is 1.29 bits per heavy atom. The summed E-state index contributed by atoms with van der Waals surface area (Å²) in [6.07, 6.45) is 0.470. The molecular formula is C10H8F2O2. The van der Waals surface area contributed by atoms with Crippen LogP contribution >= 0.6 is 0 Å². The van der Waals surface area contributed by atoms with Crippen LogP contribution in [0.15, 0.2) is 18.2 Å². The first-order chi connectivity index (χ1) is 6.58. The fourth-order valence-corrected chi connectivity index (χ4v) is 1.63. The monoisotopic (exact) mass is 198 g/mol. The van der Waals surface area contributed by atoms with Crippen molar-refractivity contribution in [1.29, 1.82) is 0 Å². The molecule has 2 nitrogen and oxygen atoms in total. The zero-order valence-electron chi connectivity index (χ0n) is 7.21. The van der Waals surface area contributed by atoms with Crippen LogP contribution in [0.25, 0.3) is 0 Å². The van der Waals surface area contributed by atoms with E-state index in [-0.39, 0.29) is 5.92 Å². The van der Waals surface area contributed by atoms with Crippen molar-refractivity contribution in [2.24, 2.45) is 5.92 Å². The van der Waals surface area contributed by atoms with Gasteiger partial charge < -0.3 is 5.11 Å². The summed E-state index contributed by atoms with van der Waals surface area (Å²) in [7, 11) is 0. The molecule has 1 aromatic rings. The predicted molar refractivity (Wildman–Crippen MR) is 44.8 cm³/mol. The van der Waals surface area contributed by atoms with Gasteiger partial charge in [-0.3, -0.25) is 4.79 Å². The molecular weight excluding hydrogens is 190 g/mol. The van der Waals surface area contributed by atoms with Crippen molar-refractivity contribution in [2.75, 3.05) is 0 Å². The van der Waals surface area contributed by atoms with Gasteiger partial charge in [-0.2, -0.15) is 0 Å². The van der Waals surface area contributed by atoms with Gasteiger partial charge in [0.2, 0.25) is 0 Å². The highest BCUT2D eigenvalue weighted by molar-refractivity contribution is 5.75. The molecule has 2 rings (SSSR count). The third kappa shape index (κ3) is 1.60. The summed E-state index contributed by atoms with van der Waals surface area (Å²) in [6.45, 7) is 0. The summed E-state index contributed by atoms with van der Waals surface area (Å²) < 4.78 is 25.5. The Morgan fingerprint density at radius 2 is 1.86 bits per heavy atom. The van der Waals surface area contributed by atoms with Crippen LogP contribution in [0.2, 0.25) is 0 Å². The lowest BCUT2D eigenvalue weighted by Gasteiger charge is -1.99. The molecule has 0 heterocycles. The van der Waals surface area contributed by atoms with E-state index in [1.54, 1.807) is 0 Å². The summed E-state index contributed by atoms with van der Waals surface area (Å²) in [4.78, 5) is 10.5. The fourth-order valence-electron chi connectivity index (χ4n) is 1.63. The number of rotatable bonds is 2. The number of halogens is 2. The molecule has 2 atom stereocenters. The topological polar surface area (TPSA) is 37.3 Å². The zero-order valence-corrected chi connectivity index (χ0v) is 7.21. The molecule has 14 heavy (non-hydrogen) atoms. The van der Waals surface area contributed by atoms with Crippen LogP contribution in [0.3, 0.4) is 0 Å². The van der Waals surface area contributed by atoms with Crippen molar-refractivity contribution in [2.45, 2.75) is 12.3 Å². The number of benzene rings is 1. The Labute approximate surface area is 79.2 Å². The summed E-state index contributed by atoms with van der Waals surface area (Å²) in [5, 5.41) is 8.64. The normalized spacial score (nSPS) is 24.7. The van der Waals surface area contributed by atoms with Crippen molar-refractivity contribution in [1.82, 2.24) is 0 Å². The first-order valence-corrected chi connectivity index (χ1v) is 4.26. The van der Waals surface area contributed by atoms with Gasteiger partial charge >= 0.3 is 5.97 Å². The maximum absolute atomic E-state index is 12.8. The Bertz CT molecular complexity index is 369. The second kappa shape index (κ2) is 3.04. The maximum atomic E-state index is 12.8. The van der Waals surface area contributed by atoms with Crippen LogP contribution in [-0.4, -0.2) is 11.1 Å². The Morgan fingerprint density at radius 3 is 2.29 bits per heavy atom. The lowest BCUT2D eigenvalue weighted by molar-refractivity contribution is -0.138. The van der Waals surface area contributed by atoms with E-state index in [1.165, 1.54) is 12.1 Å². The van der Waals surface area contributed by atoms with E-state index in [1.807, 2.05) is 0 Å². The minimum Gasteiger partial charge on any atom is -0.481 e.